The lowest BCUT2D eigenvalue weighted by Crippen LogP contribution is -2.11. The van der Waals surface area contributed by atoms with Crippen LogP contribution >= 0.6 is 0 Å². The highest BCUT2D eigenvalue weighted by molar-refractivity contribution is 5.79. The fourth-order valence-corrected chi connectivity index (χ4v) is 1.25. The second-order valence-electron chi connectivity index (χ2n) is 4.31. The minimum absolute atomic E-state index is 0.0625. The van der Waals surface area contributed by atoms with Gasteiger partial charge in [0.15, 0.2) is 6.29 Å². The SMILES string of the molecule is C#Cc1cc(C(C)(C)C)ccc1C=O. The van der Waals surface area contributed by atoms with Gasteiger partial charge in [-0.2, -0.15) is 0 Å². The molecule has 14 heavy (non-hydrogen) atoms. The quantitative estimate of drug-likeness (QED) is 0.487. The molecule has 0 aliphatic rings. The van der Waals surface area contributed by atoms with Crippen LogP contribution in [0.2, 0.25) is 0 Å². The second kappa shape index (κ2) is 3.67. The molecule has 72 valence electrons. The van der Waals surface area contributed by atoms with Crippen LogP contribution in [-0.4, -0.2) is 6.29 Å². The van der Waals surface area contributed by atoms with Crippen molar-refractivity contribution in [1.29, 1.82) is 0 Å². The maximum absolute atomic E-state index is 10.7. The zero-order valence-corrected chi connectivity index (χ0v) is 8.79. The monoisotopic (exact) mass is 186 g/mol. The summed E-state index contributed by atoms with van der Waals surface area (Å²) in [5, 5.41) is 0. The smallest absolute Gasteiger partial charge is 0.151 e. The Morgan fingerprint density at radius 2 is 2.00 bits per heavy atom. The Kier molecular flexibility index (Phi) is 2.76. The van der Waals surface area contributed by atoms with E-state index in [0.717, 1.165) is 11.8 Å². The van der Waals surface area contributed by atoms with Crippen LogP contribution in [0.4, 0.5) is 0 Å². The fraction of sp³-hybridized carbons (Fsp3) is 0.308. The van der Waals surface area contributed by atoms with Gasteiger partial charge in [-0.05, 0) is 17.0 Å². The molecule has 0 aliphatic carbocycles. The van der Waals surface area contributed by atoms with E-state index in [1.807, 2.05) is 12.1 Å². The zero-order chi connectivity index (χ0) is 10.8. The zero-order valence-electron chi connectivity index (χ0n) is 8.79. The third kappa shape index (κ3) is 2.03. The number of carbonyl (C=O) groups is 1. The van der Waals surface area contributed by atoms with E-state index in [0.29, 0.717) is 11.1 Å². The molecule has 1 aromatic rings. The van der Waals surface area contributed by atoms with Crippen LogP contribution < -0.4 is 0 Å². The van der Waals surface area contributed by atoms with Crippen LogP contribution in [0.3, 0.4) is 0 Å². The molecule has 0 heterocycles. The van der Waals surface area contributed by atoms with E-state index in [2.05, 4.69) is 26.7 Å². The number of carbonyl (C=O) groups excluding carboxylic acids is 1. The summed E-state index contributed by atoms with van der Waals surface area (Å²) in [5.41, 5.74) is 2.47. The molecule has 0 saturated heterocycles. The van der Waals surface area contributed by atoms with E-state index in [9.17, 15) is 4.79 Å². The molecule has 0 atom stereocenters. The van der Waals surface area contributed by atoms with Gasteiger partial charge in [-0.3, -0.25) is 4.79 Å². The minimum atomic E-state index is 0.0625. The Labute approximate surface area is 85.1 Å². The molecule has 0 saturated carbocycles. The van der Waals surface area contributed by atoms with Crippen LogP contribution in [0.5, 0.6) is 0 Å². The van der Waals surface area contributed by atoms with Crippen molar-refractivity contribution in [2.75, 3.05) is 0 Å². The molecule has 0 N–H and O–H groups in total. The largest absolute Gasteiger partial charge is 0.298 e. The molecular formula is C13H14O. The van der Waals surface area contributed by atoms with Gasteiger partial charge in [0, 0.05) is 11.1 Å². The summed E-state index contributed by atoms with van der Waals surface area (Å²) in [6, 6.07) is 5.64. The first kappa shape index (κ1) is 10.5. The lowest BCUT2D eigenvalue weighted by molar-refractivity contribution is 0.112. The maximum Gasteiger partial charge on any atom is 0.151 e. The number of rotatable bonds is 1. The highest BCUT2D eigenvalue weighted by Crippen LogP contribution is 2.23. The molecule has 1 rings (SSSR count). The number of hydrogen-bond donors (Lipinski definition) is 0. The van der Waals surface area contributed by atoms with Gasteiger partial charge in [-0.25, -0.2) is 0 Å². The molecule has 0 aliphatic heterocycles. The summed E-state index contributed by atoms with van der Waals surface area (Å²) in [4.78, 5) is 10.7. The molecule has 1 aromatic carbocycles. The summed E-state index contributed by atoms with van der Waals surface area (Å²) in [6.45, 7) is 6.34. The highest BCUT2D eigenvalue weighted by atomic mass is 16.1. The van der Waals surface area contributed by atoms with Crippen molar-refractivity contribution >= 4 is 6.29 Å². The first-order chi connectivity index (χ1) is 6.49. The van der Waals surface area contributed by atoms with Crippen LogP contribution in [-0.2, 0) is 5.41 Å². The predicted octanol–water partition coefficient (Wildman–Crippen LogP) is 2.78. The molecule has 1 heteroatoms. The van der Waals surface area contributed by atoms with Crippen molar-refractivity contribution in [2.24, 2.45) is 0 Å². The van der Waals surface area contributed by atoms with Crippen LogP contribution in [0.15, 0.2) is 18.2 Å². The minimum Gasteiger partial charge on any atom is -0.298 e. The molecule has 0 amide bonds. The van der Waals surface area contributed by atoms with E-state index >= 15 is 0 Å². The summed E-state index contributed by atoms with van der Waals surface area (Å²) < 4.78 is 0. The molecule has 0 unspecified atom stereocenters. The Hall–Kier alpha value is -1.55. The molecule has 0 aromatic heterocycles. The van der Waals surface area contributed by atoms with Crippen LogP contribution in [0.1, 0.15) is 42.3 Å². The Morgan fingerprint density at radius 1 is 1.36 bits per heavy atom. The van der Waals surface area contributed by atoms with E-state index in [-0.39, 0.29) is 5.41 Å². The standard InChI is InChI=1S/C13H14O/c1-5-10-8-12(13(2,3)4)7-6-11(10)9-14/h1,6-9H,2-4H3. The topological polar surface area (TPSA) is 17.1 Å². The fourth-order valence-electron chi connectivity index (χ4n) is 1.25. The van der Waals surface area contributed by atoms with Gasteiger partial charge in [0.2, 0.25) is 0 Å². The third-order valence-electron chi connectivity index (χ3n) is 2.20. The van der Waals surface area contributed by atoms with Crippen molar-refractivity contribution in [1.82, 2.24) is 0 Å². The van der Waals surface area contributed by atoms with E-state index in [4.69, 9.17) is 6.42 Å². The molecule has 1 nitrogen and oxygen atoms in total. The van der Waals surface area contributed by atoms with Gasteiger partial charge in [0.1, 0.15) is 0 Å². The molecular weight excluding hydrogens is 172 g/mol. The molecule has 0 spiro atoms. The van der Waals surface area contributed by atoms with Crippen molar-refractivity contribution in [2.45, 2.75) is 26.2 Å². The van der Waals surface area contributed by atoms with Crippen molar-refractivity contribution in [3.05, 3.63) is 34.9 Å². The number of hydrogen-bond acceptors (Lipinski definition) is 1. The summed E-state index contributed by atoms with van der Waals surface area (Å²) in [6.07, 6.45) is 6.12. The van der Waals surface area contributed by atoms with Crippen LogP contribution in [0, 0.1) is 12.3 Å². The normalized spacial score (nSPS) is 10.7. The van der Waals surface area contributed by atoms with Crippen molar-refractivity contribution < 1.29 is 4.79 Å². The molecule has 0 radical (unpaired) electrons. The average molecular weight is 186 g/mol. The van der Waals surface area contributed by atoms with Crippen molar-refractivity contribution in [3.63, 3.8) is 0 Å². The lowest BCUT2D eigenvalue weighted by Gasteiger charge is -2.19. The third-order valence-corrected chi connectivity index (χ3v) is 2.20. The van der Waals surface area contributed by atoms with E-state index in [1.54, 1.807) is 6.07 Å². The first-order valence-electron chi connectivity index (χ1n) is 4.55. The first-order valence-corrected chi connectivity index (χ1v) is 4.55. The van der Waals surface area contributed by atoms with Gasteiger partial charge in [-0.1, -0.05) is 38.8 Å². The van der Waals surface area contributed by atoms with E-state index in [1.165, 1.54) is 0 Å². The van der Waals surface area contributed by atoms with Gasteiger partial charge in [0.25, 0.3) is 0 Å². The molecule has 0 bridgehead atoms. The average Bonchev–Trinajstić information content (AvgIpc) is 2.15. The van der Waals surface area contributed by atoms with E-state index < -0.39 is 0 Å². The molecule has 0 fully saturated rings. The Balaban J connectivity index is 3.30. The van der Waals surface area contributed by atoms with Gasteiger partial charge in [0.05, 0.1) is 0 Å². The van der Waals surface area contributed by atoms with Gasteiger partial charge < -0.3 is 0 Å². The Bertz CT molecular complexity index is 389. The summed E-state index contributed by atoms with van der Waals surface area (Å²) in [7, 11) is 0. The highest BCUT2D eigenvalue weighted by Gasteiger charge is 2.14. The predicted molar refractivity (Wildman–Crippen MR) is 58.5 cm³/mol. The number of terminal acetylenes is 1. The van der Waals surface area contributed by atoms with Gasteiger partial charge in [-0.15, -0.1) is 6.42 Å². The van der Waals surface area contributed by atoms with Crippen molar-refractivity contribution in [3.8, 4) is 12.3 Å². The Morgan fingerprint density at radius 3 is 2.43 bits per heavy atom. The van der Waals surface area contributed by atoms with Gasteiger partial charge >= 0.3 is 0 Å². The number of benzene rings is 1. The number of aldehydes is 1. The maximum atomic E-state index is 10.7. The summed E-state index contributed by atoms with van der Waals surface area (Å²) >= 11 is 0. The summed E-state index contributed by atoms with van der Waals surface area (Å²) in [5.74, 6) is 2.53. The lowest BCUT2D eigenvalue weighted by atomic mass is 9.85. The second-order valence-corrected chi connectivity index (χ2v) is 4.31. The van der Waals surface area contributed by atoms with Crippen LogP contribution in [0.25, 0.3) is 0 Å².